The molecule has 0 saturated heterocycles. The second-order valence-electron chi connectivity index (χ2n) is 11.1. The van der Waals surface area contributed by atoms with Gasteiger partial charge in [0.2, 0.25) is 0 Å². The highest BCUT2D eigenvalue weighted by Gasteiger charge is 2.23. The van der Waals surface area contributed by atoms with Crippen molar-refractivity contribution >= 4 is 0 Å². The van der Waals surface area contributed by atoms with Crippen LogP contribution in [0.1, 0.15) is 117 Å². The maximum atomic E-state index is 6.35. The summed E-state index contributed by atoms with van der Waals surface area (Å²) >= 11 is 0. The van der Waals surface area contributed by atoms with Gasteiger partial charge in [-0.1, -0.05) is 110 Å². The summed E-state index contributed by atoms with van der Waals surface area (Å²) in [5, 5.41) is 0. The monoisotopic (exact) mass is 518 g/mol. The van der Waals surface area contributed by atoms with E-state index in [1.54, 1.807) is 0 Å². The van der Waals surface area contributed by atoms with Crippen LogP contribution in [0.15, 0.2) is 24.3 Å². The van der Waals surface area contributed by atoms with Crippen molar-refractivity contribution in [2.45, 2.75) is 129 Å². The third-order valence-electron chi connectivity index (χ3n) is 7.58. The Morgan fingerprint density at radius 2 is 0.973 bits per heavy atom. The fourth-order valence-corrected chi connectivity index (χ4v) is 4.99. The third-order valence-corrected chi connectivity index (χ3v) is 7.58. The fourth-order valence-electron chi connectivity index (χ4n) is 4.99. The summed E-state index contributed by atoms with van der Waals surface area (Å²) in [6.07, 6.45) is 21.2. The molecule has 0 N–H and O–H groups in total. The van der Waals surface area contributed by atoms with Crippen LogP contribution in [0.4, 0.5) is 0 Å². The van der Waals surface area contributed by atoms with E-state index in [0.29, 0.717) is 13.2 Å². The van der Waals surface area contributed by atoms with Gasteiger partial charge in [0.25, 0.3) is 0 Å². The van der Waals surface area contributed by atoms with Crippen LogP contribution in [0.3, 0.4) is 0 Å². The molecule has 0 aliphatic carbocycles. The van der Waals surface area contributed by atoms with E-state index in [0.717, 1.165) is 24.6 Å². The molecule has 2 rings (SSSR count). The molecular formula is C32H58N2O3. The number of unbranched alkanes of at least 4 members (excludes halogenated alkanes) is 14. The fraction of sp³-hybridized carbons (Fsp3) is 0.812. The van der Waals surface area contributed by atoms with Crippen LogP contribution in [0, 0.1) is 0 Å². The SMILES string of the molecule is CCCCCCCCCCN(C)C1COCC(N(C)CCCCCCCCCC)Oc2cccc(c2)O1. The Labute approximate surface area is 229 Å². The first kappa shape index (κ1) is 31.9. The predicted octanol–water partition coefficient (Wildman–Crippen LogP) is 8.27. The number of fused-ring (bicyclic) bond motifs is 2. The molecule has 1 heterocycles. The molecule has 1 aliphatic heterocycles. The van der Waals surface area contributed by atoms with E-state index in [1.807, 2.05) is 24.3 Å². The zero-order valence-electron chi connectivity index (χ0n) is 24.7. The molecule has 0 saturated carbocycles. The Balaban J connectivity index is 1.77. The molecule has 2 bridgehead atoms. The number of rotatable bonds is 20. The zero-order chi connectivity index (χ0) is 26.6. The van der Waals surface area contributed by atoms with E-state index in [9.17, 15) is 0 Å². The van der Waals surface area contributed by atoms with E-state index in [4.69, 9.17) is 14.2 Å². The molecule has 2 atom stereocenters. The summed E-state index contributed by atoms with van der Waals surface area (Å²) in [5.41, 5.74) is 0. The van der Waals surface area contributed by atoms with Crippen LogP contribution in [-0.4, -0.2) is 62.7 Å². The number of likely N-dealkylation sites (N-methyl/N-ethyl adjacent to an activating group) is 2. The minimum absolute atomic E-state index is 0.0865. The average molecular weight is 519 g/mol. The van der Waals surface area contributed by atoms with Crippen molar-refractivity contribution in [3.05, 3.63) is 24.3 Å². The lowest BCUT2D eigenvalue weighted by Crippen LogP contribution is -2.45. The number of benzene rings is 1. The standard InChI is InChI=1S/C32H58N2O3/c1-5-7-9-11-13-15-17-19-24-33(3)31-27-35-28-32(37-30-23-21-22-29(26-30)36-31)34(4)25-20-18-16-14-12-10-8-6-2/h21-23,26,31-32H,5-20,24-25,27-28H2,1-4H3. The number of nitrogens with zero attached hydrogens (tertiary/aromatic N) is 2. The van der Waals surface area contributed by atoms with Gasteiger partial charge in [0, 0.05) is 19.2 Å². The molecule has 214 valence electrons. The lowest BCUT2D eigenvalue weighted by atomic mass is 10.1. The van der Waals surface area contributed by atoms with E-state index >= 15 is 0 Å². The molecule has 1 aromatic carbocycles. The van der Waals surface area contributed by atoms with Gasteiger partial charge >= 0.3 is 0 Å². The summed E-state index contributed by atoms with van der Waals surface area (Å²) in [6.45, 7) is 7.70. The van der Waals surface area contributed by atoms with Crippen molar-refractivity contribution in [2.75, 3.05) is 40.4 Å². The van der Waals surface area contributed by atoms with Crippen molar-refractivity contribution in [1.82, 2.24) is 9.80 Å². The first-order valence-corrected chi connectivity index (χ1v) is 15.6. The first-order valence-electron chi connectivity index (χ1n) is 15.6. The van der Waals surface area contributed by atoms with Gasteiger partial charge in [0.1, 0.15) is 11.5 Å². The summed E-state index contributed by atoms with van der Waals surface area (Å²) in [5.74, 6) is 1.69. The van der Waals surface area contributed by atoms with Crippen molar-refractivity contribution < 1.29 is 14.2 Å². The van der Waals surface area contributed by atoms with Gasteiger partial charge in [-0.05, 0) is 39.1 Å². The molecule has 5 nitrogen and oxygen atoms in total. The van der Waals surface area contributed by atoms with Gasteiger partial charge in [-0.3, -0.25) is 9.80 Å². The number of hydrogen-bond acceptors (Lipinski definition) is 5. The second-order valence-corrected chi connectivity index (χ2v) is 11.1. The smallest absolute Gasteiger partial charge is 0.175 e. The summed E-state index contributed by atoms with van der Waals surface area (Å²) in [4.78, 5) is 4.62. The predicted molar refractivity (Wildman–Crippen MR) is 157 cm³/mol. The Hall–Kier alpha value is -1.30. The summed E-state index contributed by atoms with van der Waals surface area (Å²) in [6, 6.07) is 8.09. The van der Waals surface area contributed by atoms with Crippen LogP contribution in [0.2, 0.25) is 0 Å². The van der Waals surface area contributed by atoms with Crippen molar-refractivity contribution in [3.63, 3.8) is 0 Å². The number of ether oxygens (including phenoxy) is 3. The molecule has 0 radical (unpaired) electrons. The summed E-state index contributed by atoms with van der Waals surface area (Å²) < 4.78 is 18.9. The van der Waals surface area contributed by atoms with Gasteiger partial charge in [-0.15, -0.1) is 0 Å². The van der Waals surface area contributed by atoms with Gasteiger partial charge in [0.05, 0.1) is 13.2 Å². The average Bonchev–Trinajstić information content (AvgIpc) is 2.90. The highest BCUT2D eigenvalue weighted by molar-refractivity contribution is 5.33. The molecule has 0 aromatic heterocycles. The van der Waals surface area contributed by atoms with E-state index in [-0.39, 0.29) is 12.5 Å². The molecular weight excluding hydrogens is 460 g/mol. The minimum atomic E-state index is -0.0865. The van der Waals surface area contributed by atoms with Crippen LogP contribution in [-0.2, 0) is 4.74 Å². The molecule has 2 unspecified atom stereocenters. The van der Waals surface area contributed by atoms with Crippen molar-refractivity contribution in [2.24, 2.45) is 0 Å². The Bertz CT molecular complexity index is 620. The van der Waals surface area contributed by atoms with Gasteiger partial charge in [-0.25, -0.2) is 0 Å². The maximum absolute atomic E-state index is 6.35. The molecule has 0 amide bonds. The zero-order valence-corrected chi connectivity index (χ0v) is 24.7. The third kappa shape index (κ3) is 14.4. The lowest BCUT2D eigenvalue weighted by molar-refractivity contribution is -0.0791. The maximum Gasteiger partial charge on any atom is 0.175 e. The number of hydrogen-bond donors (Lipinski definition) is 0. The lowest BCUT2D eigenvalue weighted by Gasteiger charge is -2.33. The Morgan fingerprint density at radius 1 is 0.595 bits per heavy atom. The topological polar surface area (TPSA) is 34.2 Å². The normalized spacial score (nSPS) is 18.1. The largest absolute Gasteiger partial charge is 0.473 e. The summed E-state index contributed by atoms with van der Waals surface area (Å²) in [7, 11) is 4.32. The highest BCUT2D eigenvalue weighted by atomic mass is 16.6. The molecule has 0 spiro atoms. The Morgan fingerprint density at radius 3 is 1.38 bits per heavy atom. The van der Waals surface area contributed by atoms with E-state index in [1.165, 1.54) is 103 Å². The Kier molecular flexibility index (Phi) is 17.8. The van der Waals surface area contributed by atoms with Crippen molar-refractivity contribution in [3.8, 4) is 11.5 Å². The molecule has 5 heteroatoms. The van der Waals surface area contributed by atoms with E-state index < -0.39 is 0 Å². The molecule has 1 aliphatic rings. The minimum Gasteiger partial charge on any atom is -0.473 e. The van der Waals surface area contributed by atoms with Crippen LogP contribution >= 0.6 is 0 Å². The van der Waals surface area contributed by atoms with Crippen LogP contribution in [0.25, 0.3) is 0 Å². The molecule has 1 aromatic rings. The highest BCUT2D eigenvalue weighted by Crippen LogP contribution is 2.24. The van der Waals surface area contributed by atoms with Crippen LogP contribution in [0.5, 0.6) is 11.5 Å². The van der Waals surface area contributed by atoms with Gasteiger partial charge < -0.3 is 14.2 Å². The van der Waals surface area contributed by atoms with Gasteiger partial charge in [0.15, 0.2) is 12.5 Å². The second kappa shape index (κ2) is 20.6. The molecule has 0 fully saturated rings. The van der Waals surface area contributed by atoms with Crippen molar-refractivity contribution in [1.29, 1.82) is 0 Å². The molecule has 37 heavy (non-hydrogen) atoms. The quantitative estimate of drug-likeness (QED) is 0.162. The first-order chi connectivity index (χ1) is 18.1. The van der Waals surface area contributed by atoms with Gasteiger partial charge in [-0.2, -0.15) is 0 Å². The van der Waals surface area contributed by atoms with E-state index in [2.05, 4.69) is 37.7 Å². The van der Waals surface area contributed by atoms with Crippen LogP contribution < -0.4 is 9.47 Å².